The highest BCUT2D eigenvalue weighted by Crippen LogP contribution is 2.41. The second-order valence-electron chi connectivity index (χ2n) is 11.6. The van der Waals surface area contributed by atoms with E-state index in [4.69, 9.17) is 0 Å². The smallest absolute Gasteiger partial charge is 0.352 e. The zero-order valence-electron chi connectivity index (χ0n) is 21.2. The lowest BCUT2D eigenvalue weighted by atomic mass is 9.94. The van der Waals surface area contributed by atoms with Crippen molar-refractivity contribution in [2.45, 2.75) is 77.0 Å². The summed E-state index contributed by atoms with van der Waals surface area (Å²) in [5.41, 5.74) is -0.959. The van der Waals surface area contributed by atoms with Gasteiger partial charge in [-0.25, -0.2) is 8.42 Å². The highest BCUT2D eigenvalue weighted by atomic mass is 32.2. The summed E-state index contributed by atoms with van der Waals surface area (Å²) >= 11 is 0. The predicted molar refractivity (Wildman–Crippen MR) is 129 cm³/mol. The number of nitrogens with zero attached hydrogens (tertiary/aromatic N) is 1. The maximum atomic E-state index is 13.2. The molecule has 1 heterocycles. The molecule has 1 saturated carbocycles. The number of nitrogens with one attached hydrogen (secondary N) is 2. The Hall–Kier alpha value is -1.65. The van der Waals surface area contributed by atoms with E-state index >= 15 is 0 Å². The van der Waals surface area contributed by atoms with Crippen LogP contribution in [0.1, 0.15) is 59.4 Å². The first kappa shape index (κ1) is 27.9. The summed E-state index contributed by atoms with van der Waals surface area (Å²) in [7, 11) is -4.06. The molecule has 0 aromatic heterocycles. The molecule has 2 N–H and O–H groups in total. The number of sulfonamides is 1. The lowest BCUT2D eigenvalue weighted by Gasteiger charge is -2.28. The molecule has 0 radical (unpaired) electrons. The van der Waals surface area contributed by atoms with Gasteiger partial charge in [0, 0.05) is 25.7 Å². The summed E-state index contributed by atoms with van der Waals surface area (Å²) in [5, 5.41) is 6.55. The van der Waals surface area contributed by atoms with Crippen LogP contribution in [0.25, 0.3) is 0 Å². The van der Waals surface area contributed by atoms with Gasteiger partial charge in [-0.2, -0.15) is 17.5 Å². The highest BCUT2D eigenvalue weighted by molar-refractivity contribution is 7.89. The number of hydrogen-bond acceptors (Lipinski definition) is 4. The molecular formula is C25H38F3N3O3S. The van der Waals surface area contributed by atoms with Gasteiger partial charge in [-0.1, -0.05) is 40.7 Å². The van der Waals surface area contributed by atoms with Crippen LogP contribution in [0.3, 0.4) is 0 Å². The average molecular weight is 518 g/mol. The van der Waals surface area contributed by atoms with Crippen molar-refractivity contribution in [3.63, 3.8) is 0 Å². The first-order chi connectivity index (χ1) is 16.1. The van der Waals surface area contributed by atoms with Crippen LogP contribution in [0.4, 0.5) is 13.2 Å². The van der Waals surface area contributed by atoms with Crippen molar-refractivity contribution < 1.29 is 26.4 Å². The fourth-order valence-corrected chi connectivity index (χ4v) is 6.63. The molecule has 1 saturated heterocycles. The normalized spacial score (nSPS) is 24.5. The number of fused-ring (bicyclic) bond motifs is 1. The van der Waals surface area contributed by atoms with Crippen LogP contribution in [0.2, 0.25) is 0 Å². The van der Waals surface area contributed by atoms with Crippen LogP contribution in [0.5, 0.6) is 0 Å². The van der Waals surface area contributed by atoms with Crippen LogP contribution >= 0.6 is 0 Å². The molecule has 0 unspecified atom stereocenters. The average Bonchev–Trinajstić information content (AvgIpc) is 3.32. The SMILES string of the molecule is CC(C)C[C@H](NCC(C)(C)C)C(=O)N[C@H]1CC[C@@H]2CN(S(=O)(=O)c3cccc(C(F)(F)F)c3)C[C@@H]21. The van der Waals surface area contributed by atoms with Gasteiger partial charge >= 0.3 is 6.18 Å². The standard InChI is InChI=1S/C25H38F3N3O3S/c1-16(2)11-22(29-15-24(3,4)5)23(32)30-21-10-9-17-13-31(14-20(17)21)35(33,34)19-8-6-7-18(12-19)25(26,27)28/h6-8,12,16-17,20-22,29H,9-11,13-15H2,1-5H3,(H,30,32)/t17-,20+,21+,22+/m1/s1. The van der Waals surface area contributed by atoms with Gasteiger partial charge in [0.15, 0.2) is 0 Å². The van der Waals surface area contributed by atoms with Crippen molar-refractivity contribution in [1.29, 1.82) is 0 Å². The number of benzene rings is 1. The fourth-order valence-electron chi connectivity index (χ4n) is 5.05. The molecule has 1 aromatic carbocycles. The van der Waals surface area contributed by atoms with Gasteiger partial charge in [-0.15, -0.1) is 0 Å². The molecule has 1 amide bonds. The number of alkyl halides is 3. The van der Waals surface area contributed by atoms with Crippen LogP contribution in [-0.4, -0.2) is 50.3 Å². The van der Waals surface area contributed by atoms with E-state index in [1.54, 1.807) is 0 Å². The summed E-state index contributed by atoms with van der Waals surface area (Å²) in [5.74, 6) is 0.274. The number of amides is 1. The largest absolute Gasteiger partial charge is 0.416 e. The van der Waals surface area contributed by atoms with Gasteiger partial charge in [0.2, 0.25) is 15.9 Å². The zero-order valence-corrected chi connectivity index (χ0v) is 22.0. The predicted octanol–water partition coefficient (Wildman–Crippen LogP) is 4.27. The molecule has 2 aliphatic rings. The minimum absolute atomic E-state index is 0.0255. The van der Waals surface area contributed by atoms with Gasteiger partial charge in [0.1, 0.15) is 0 Å². The summed E-state index contributed by atoms with van der Waals surface area (Å²) in [4.78, 5) is 12.8. The Morgan fingerprint density at radius 1 is 1.14 bits per heavy atom. The Bertz CT molecular complexity index is 1010. The summed E-state index contributed by atoms with van der Waals surface area (Å²) < 4.78 is 66.9. The van der Waals surface area contributed by atoms with Crippen molar-refractivity contribution in [3.05, 3.63) is 29.8 Å². The van der Waals surface area contributed by atoms with Crippen LogP contribution in [0.15, 0.2) is 29.2 Å². The van der Waals surface area contributed by atoms with E-state index in [-0.39, 0.29) is 53.2 Å². The Morgan fingerprint density at radius 3 is 2.43 bits per heavy atom. The van der Waals surface area contributed by atoms with Gasteiger partial charge in [0.05, 0.1) is 16.5 Å². The lowest BCUT2D eigenvalue weighted by molar-refractivity contribution is -0.137. The van der Waals surface area contributed by atoms with E-state index in [2.05, 4.69) is 45.3 Å². The van der Waals surface area contributed by atoms with E-state index in [0.717, 1.165) is 25.0 Å². The second-order valence-corrected chi connectivity index (χ2v) is 13.5. The molecule has 2 fully saturated rings. The first-order valence-electron chi connectivity index (χ1n) is 12.3. The van der Waals surface area contributed by atoms with Gasteiger partial charge in [0.25, 0.3) is 0 Å². The van der Waals surface area contributed by atoms with E-state index < -0.39 is 21.8 Å². The quantitative estimate of drug-likeness (QED) is 0.540. The Labute approximate surface area is 207 Å². The summed E-state index contributed by atoms with van der Waals surface area (Å²) in [6, 6.07) is 3.40. The minimum Gasteiger partial charge on any atom is -0.352 e. The molecule has 35 heavy (non-hydrogen) atoms. The zero-order chi connectivity index (χ0) is 26.2. The van der Waals surface area contributed by atoms with E-state index in [9.17, 15) is 26.4 Å². The molecule has 0 bridgehead atoms. The number of hydrogen-bond donors (Lipinski definition) is 2. The summed E-state index contributed by atoms with van der Waals surface area (Å²) in [6.07, 6.45) is -2.38. The van der Waals surface area contributed by atoms with E-state index in [0.29, 0.717) is 24.9 Å². The van der Waals surface area contributed by atoms with Crippen LogP contribution in [0, 0.1) is 23.2 Å². The third-order valence-corrected chi connectivity index (χ3v) is 8.68. The van der Waals surface area contributed by atoms with Gasteiger partial charge < -0.3 is 10.6 Å². The monoisotopic (exact) mass is 517 g/mol. The molecule has 4 atom stereocenters. The number of carbonyl (C=O) groups excluding carboxylic acids is 1. The van der Waals surface area contributed by atoms with E-state index in [1.807, 2.05) is 0 Å². The maximum absolute atomic E-state index is 13.2. The minimum atomic E-state index is -4.62. The third-order valence-electron chi connectivity index (χ3n) is 6.85. The topological polar surface area (TPSA) is 78.5 Å². The van der Waals surface area contributed by atoms with Crippen molar-refractivity contribution in [2.75, 3.05) is 19.6 Å². The van der Waals surface area contributed by atoms with Gasteiger partial charge in [-0.3, -0.25) is 4.79 Å². The van der Waals surface area contributed by atoms with E-state index in [1.165, 1.54) is 10.4 Å². The molecule has 198 valence electrons. The van der Waals surface area contributed by atoms with Crippen LogP contribution in [-0.2, 0) is 21.0 Å². The van der Waals surface area contributed by atoms with Crippen molar-refractivity contribution in [1.82, 2.24) is 14.9 Å². The number of halogens is 3. The highest BCUT2D eigenvalue weighted by Gasteiger charge is 2.47. The molecule has 1 aliphatic carbocycles. The van der Waals surface area contributed by atoms with Crippen molar-refractivity contribution in [2.24, 2.45) is 23.2 Å². The molecule has 6 nitrogen and oxygen atoms in total. The molecule has 1 aromatic rings. The number of carbonyl (C=O) groups is 1. The van der Waals surface area contributed by atoms with Gasteiger partial charge in [-0.05, 0) is 60.6 Å². The first-order valence-corrected chi connectivity index (χ1v) is 13.7. The second kappa shape index (κ2) is 10.4. The molecule has 3 rings (SSSR count). The lowest BCUT2D eigenvalue weighted by Crippen LogP contribution is -2.51. The fraction of sp³-hybridized carbons (Fsp3) is 0.720. The molecule has 0 spiro atoms. The maximum Gasteiger partial charge on any atom is 0.416 e. The Kier molecular flexibility index (Phi) is 8.28. The third kappa shape index (κ3) is 6.98. The van der Waals surface area contributed by atoms with Crippen LogP contribution < -0.4 is 10.6 Å². The molecule has 10 heteroatoms. The Morgan fingerprint density at radius 2 is 1.83 bits per heavy atom. The van der Waals surface area contributed by atoms with Crippen molar-refractivity contribution >= 4 is 15.9 Å². The molecular weight excluding hydrogens is 479 g/mol. The summed E-state index contributed by atoms with van der Waals surface area (Å²) in [6.45, 7) is 11.6. The number of rotatable bonds is 8. The Balaban J connectivity index is 1.69. The molecule has 1 aliphatic heterocycles. The van der Waals surface area contributed by atoms with Crippen molar-refractivity contribution in [3.8, 4) is 0 Å².